The second kappa shape index (κ2) is 7.45. The van der Waals surface area contributed by atoms with Crippen LogP contribution in [-0.4, -0.2) is 32.8 Å². The molecule has 3 rings (SSSR count). The molecule has 0 fully saturated rings. The van der Waals surface area contributed by atoms with Gasteiger partial charge in [-0.2, -0.15) is 0 Å². The van der Waals surface area contributed by atoms with Crippen LogP contribution in [0, 0.1) is 7.91 Å². The maximum absolute atomic E-state index is 4.97. The molecule has 0 aliphatic heterocycles. The van der Waals surface area contributed by atoms with E-state index in [0.717, 1.165) is 15.6 Å². The summed E-state index contributed by atoms with van der Waals surface area (Å²) < 4.78 is 2.12. The zero-order valence-electron chi connectivity index (χ0n) is 11.2. The average Bonchev–Trinajstić information content (AvgIpc) is 3.11. The molecule has 2 aromatic heterocycles. The summed E-state index contributed by atoms with van der Waals surface area (Å²) in [7, 11) is 0. The first-order valence-corrected chi connectivity index (χ1v) is 9.32. The van der Waals surface area contributed by atoms with Crippen LogP contribution in [0.1, 0.15) is 11.1 Å². The van der Waals surface area contributed by atoms with E-state index in [0.29, 0.717) is 18.2 Å². The zero-order chi connectivity index (χ0) is 16.2. The molecule has 2 heterocycles. The Labute approximate surface area is 157 Å². The first-order chi connectivity index (χ1) is 11.1. The highest BCUT2D eigenvalue weighted by Gasteiger charge is 1.99. The van der Waals surface area contributed by atoms with Crippen LogP contribution >= 0.6 is 63.0 Å². The van der Waals surface area contributed by atoms with Crippen LogP contribution in [0.5, 0.6) is 0 Å². The summed E-state index contributed by atoms with van der Waals surface area (Å²) >= 11 is 16.1. The van der Waals surface area contributed by atoms with Gasteiger partial charge in [0.1, 0.15) is 0 Å². The SMILES string of the molecule is S=c1[nH]nc(/N=C/c2cc(Br)cc(/C=N/c3n[nH]c(=S)s3)c2)s1. The Kier molecular flexibility index (Phi) is 5.33. The molecule has 3 aromatic rings. The smallest absolute Gasteiger partial charge is 0.230 e. The standard InChI is InChI=1S/C12H7BrN6S4/c13-8-2-6(4-14-9-16-18-11(20)22-9)1-7(3-8)5-15-10-17-19-12(21)23-10/h1-5H,(H,18,20)(H,19,21)/b14-4+,15-5+. The van der Waals surface area contributed by atoms with Crippen molar-refractivity contribution in [3.05, 3.63) is 41.7 Å². The van der Waals surface area contributed by atoms with Gasteiger partial charge in [0, 0.05) is 16.9 Å². The van der Waals surface area contributed by atoms with Gasteiger partial charge in [-0.25, -0.2) is 9.98 Å². The average molecular weight is 443 g/mol. The molecule has 0 saturated carbocycles. The Hall–Kier alpha value is -1.40. The van der Waals surface area contributed by atoms with E-state index in [1.54, 1.807) is 12.4 Å². The molecule has 0 aliphatic carbocycles. The van der Waals surface area contributed by atoms with Crippen molar-refractivity contribution in [2.24, 2.45) is 9.98 Å². The van der Waals surface area contributed by atoms with Crippen LogP contribution in [0.15, 0.2) is 32.7 Å². The molecule has 6 nitrogen and oxygen atoms in total. The maximum Gasteiger partial charge on any atom is 0.230 e. The van der Waals surface area contributed by atoms with Gasteiger partial charge in [0.25, 0.3) is 0 Å². The van der Waals surface area contributed by atoms with Gasteiger partial charge in [-0.15, -0.1) is 10.2 Å². The minimum atomic E-state index is 0.585. The highest BCUT2D eigenvalue weighted by atomic mass is 79.9. The Morgan fingerprint density at radius 2 is 1.39 bits per heavy atom. The Morgan fingerprint density at radius 1 is 0.913 bits per heavy atom. The van der Waals surface area contributed by atoms with Crippen LogP contribution in [-0.2, 0) is 0 Å². The molecule has 0 aliphatic rings. The maximum atomic E-state index is 4.97. The number of aromatic nitrogens is 4. The summed E-state index contributed by atoms with van der Waals surface area (Å²) in [5.74, 6) is 0. The normalized spacial score (nSPS) is 11.7. The van der Waals surface area contributed by atoms with Gasteiger partial charge in [0.2, 0.25) is 10.3 Å². The molecule has 23 heavy (non-hydrogen) atoms. The topological polar surface area (TPSA) is 82.1 Å². The van der Waals surface area contributed by atoms with Gasteiger partial charge >= 0.3 is 0 Å². The van der Waals surface area contributed by atoms with Crippen molar-refractivity contribution < 1.29 is 0 Å². The molecule has 0 saturated heterocycles. The Morgan fingerprint density at radius 3 is 1.78 bits per heavy atom. The third-order valence-corrected chi connectivity index (χ3v) is 4.90. The van der Waals surface area contributed by atoms with Crippen LogP contribution in [0.2, 0.25) is 0 Å². The fourth-order valence-corrected chi connectivity index (χ4v) is 3.57. The van der Waals surface area contributed by atoms with Gasteiger partial charge in [0.15, 0.2) is 7.91 Å². The molecule has 0 amide bonds. The molecule has 0 radical (unpaired) electrons. The molecule has 1 aromatic carbocycles. The lowest BCUT2D eigenvalue weighted by Crippen LogP contribution is -1.87. The molecule has 0 unspecified atom stereocenters. The van der Waals surface area contributed by atoms with Crippen LogP contribution in [0.25, 0.3) is 0 Å². The van der Waals surface area contributed by atoms with Gasteiger partial charge in [-0.3, -0.25) is 10.2 Å². The van der Waals surface area contributed by atoms with Crippen LogP contribution in [0.3, 0.4) is 0 Å². The number of hydrogen-bond donors (Lipinski definition) is 2. The van der Waals surface area contributed by atoms with Gasteiger partial charge < -0.3 is 0 Å². The zero-order valence-corrected chi connectivity index (χ0v) is 16.0. The number of H-pyrrole nitrogens is 2. The lowest BCUT2D eigenvalue weighted by atomic mass is 10.1. The first kappa shape index (κ1) is 16.5. The fourth-order valence-electron chi connectivity index (χ4n) is 1.60. The van der Waals surface area contributed by atoms with Crippen molar-refractivity contribution in [2.45, 2.75) is 0 Å². The van der Waals surface area contributed by atoms with Crippen molar-refractivity contribution in [2.75, 3.05) is 0 Å². The number of benzene rings is 1. The summed E-state index contributed by atoms with van der Waals surface area (Å²) in [6.45, 7) is 0. The van der Waals surface area contributed by atoms with E-state index < -0.39 is 0 Å². The minimum absolute atomic E-state index is 0.585. The van der Waals surface area contributed by atoms with Crippen molar-refractivity contribution in [1.82, 2.24) is 20.4 Å². The monoisotopic (exact) mass is 442 g/mol. The van der Waals surface area contributed by atoms with Gasteiger partial charge in [0.05, 0.1) is 0 Å². The molecule has 116 valence electrons. The van der Waals surface area contributed by atoms with E-state index in [1.807, 2.05) is 18.2 Å². The third-order valence-electron chi connectivity index (χ3n) is 2.44. The quantitative estimate of drug-likeness (QED) is 0.440. The van der Waals surface area contributed by atoms with E-state index in [2.05, 4.69) is 46.3 Å². The molecule has 0 spiro atoms. The lowest BCUT2D eigenvalue weighted by Gasteiger charge is -1.98. The lowest BCUT2D eigenvalue weighted by molar-refractivity contribution is 1.07. The largest absolute Gasteiger partial charge is 0.256 e. The van der Waals surface area contributed by atoms with E-state index in [4.69, 9.17) is 24.4 Å². The Balaban J connectivity index is 1.84. The molecule has 0 atom stereocenters. The molecule has 0 bridgehead atoms. The molecular formula is C12H7BrN6S4. The summed E-state index contributed by atoms with van der Waals surface area (Å²) in [4.78, 5) is 8.58. The van der Waals surface area contributed by atoms with Crippen LogP contribution < -0.4 is 0 Å². The second-order valence-corrected chi connectivity index (χ2v) is 8.33. The number of aromatic amines is 2. The van der Waals surface area contributed by atoms with Crippen molar-refractivity contribution in [3.8, 4) is 0 Å². The number of aliphatic imine (C=N–C) groups is 2. The highest BCUT2D eigenvalue weighted by Crippen LogP contribution is 2.19. The van der Waals surface area contributed by atoms with E-state index in [1.165, 1.54) is 22.7 Å². The molecule has 2 N–H and O–H groups in total. The fraction of sp³-hybridized carbons (Fsp3) is 0. The van der Waals surface area contributed by atoms with Gasteiger partial charge in [-0.05, 0) is 53.8 Å². The van der Waals surface area contributed by atoms with E-state index >= 15 is 0 Å². The molecule has 11 heteroatoms. The van der Waals surface area contributed by atoms with E-state index in [-0.39, 0.29) is 0 Å². The second-order valence-electron chi connectivity index (χ2n) is 4.13. The minimum Gasteiger partial charge on any atom is -0.256 e. The number of nitrogens with zero attached hydrogens (tertiary/aromatic N) is 4. The van der Waals surface area contributed by atoms with Crippen molar-refractivity contribution in [3.63, 3.8) is 0 Å². The summed E-state index contributed by atoms with van der Waals surface area (Å²) in [6, 6.07) is 5.85. The van der Waals surface area contributed by atoms with Gasteiger partial charge in [-0.1, -0.05) is 38.6 Å². The number of hydrogen-bond acceptors (Lipinski definition) is 8. The predicted molar refractivity (Wildman–Crippen MR) is 103 cm³/mol. The summed E-state index contributed by atoms with van der Waals surface area (Å²) in [6.07, 6.45) is 3.45. The summed E-state index contributed by atoms with van der Waals surface area (Å²) in [5, 5.41) is 14.5. The van der Waals surface area contributed by atoms with E-state index in [9.17, 15) is 0 Å². The molecular weight excluding hydrogens is 436 g/mol. The first-order valence-electron chi connectivity index (χ1n) is 6.08. The number of nitrogens with one attached hydrogen (secondary N) is 2. The third kappa shape index (κ3) is 4.78. The van der Waals surface area contributed by atoms with Crippen molar-refractivity contribution in [1.29, 1.82) is 0 Å². The highest BCUT2D eigenvalue weighted by molar-refractivity contribution is 9.10. The summed E-state index contributed by atoms with van der Waals surface area (Å²) in [5.41, 5.74) is 1.83. The number of halogens is 1. The van der Waals surface area contributed by atoms with Crippen LogP contribution in [0.4, 0.5) is 10.3 Å². The number of rotatable bonds is 4. The Bertz CT molecular complexity index is 919. The predicted octanol–water partition coefficient (Wildman–Crippen LogP) is 4.98. The van der Waals surface area contributed by atoms with Crippen molar-refractivity contribution >= 4 is 85.7 Å².